The van der Waals surface area contributed by atoms with E-state index in [9.17, 15) is 9.50 Å². The van der Waals surface area contributed by atoms with Gasteiger partial charge in [-0.1, -0.05) is 22.0 Å². The van der Waals surface area contributed by atoms with Crippen LogP contribution in [0, 0.1) is 5.82 Å². The molecule has 0 aliphatic heterocycles. The Hall–Kier alpha value is -1.39. The first-order valence-corrected chi connectivity index (χ1v) is 7.80. The number of aliphatic hydroxyl groups is 1. The van der Waals surface area contributed by atoms with Crippen LogP contribution in [0.1, 0.15) is 35.6 Å². The third-order valence-electron chi connectivity index (χ3n) is 3.80. The molecule has 0 saturated carbocycles. The molecule has 3 rings (SSSR count). The van der Waals surface area contributed by atoms with Crippen LogP contribution in [0.15, 0.2) is 40.9 Å². The van der Waals surface area contributed by atoms with E-state index in [1.807, 2.05) is 18.2 Å². The van der Waals surface area contributed by atoms with Crippen molar-refractivity contribution in [1.82, 2.24) is 0 Å². The molecule has 0 bridgehead atoms. The fraction of sp³-hybridized carbons (Fsp3) is 0.294. The summed E-state index contributed by atoms with van der Waals surface area (Å²) >= 11 is 3.32. The van der Waals surface area contributed by atoms with Gasteiger partial charge in [0, 0.05) is 10.0 Å². The molecule has 0 amide bonds. The van der Waals surface area contributed by atoms with Crippen LogP contribution in [-0.4, -0.2) is 5.11 Å². The Morgan fingerprint density at radius 3 is 2.95 bits per heavy atom. The standard InChI is InChI=1S/C17H16BrFO2/c18-13-5-7-16(19)12(8-13)10-21-14-6-4-11-2-1-3-17(20)15(11)9-14/h4-9,17,20H,1-3,10H2/t17-/m1/s1. The minimum atomic E-state index is -0.417. The van der Waals surface area contributed by atoms with E-state index < -0.39 is 6.10 Å². The summed E-state index contributed by atoms with van der Waals surface area (Å²) < 4.78 is 20.2. The zero-order valence-electron chi connectivity index (χ0n) is 11.5. The molecule has 0 heterocycles. The SMILES string of the molecule is O[C@@H]1CCCc2ccc(OCc3cc(Br)ccc3F)cc21. The van der Waals surface area contributed by atoms with Crippen molar-refractivity contribution in [3.63, 3.8) is 0 Å². The van der Waals surface area contributed by atoms with Crippen LogP contribution >= 0.6 is 15.9 Å². The highest BCUT2D eigenvalue weighted by Crippen LogP contribution is 2.32. The highest BCUT2D eigenvalue weighted by atomic mass is 79.9. The molecule has 4 heteroatoms. The summed E-state index contributed by atoms with van der Waals surface area (Å²) in [5.74, 6) is 0.380. The maximum atomic E-state index is 13.7. The Morgan fingerprint density at radius 1 is 1.24 bits per heavy atom. The molecule has 1 aliphatic rings. The summed E-state index contributed by atoms with van der Waals surface area (Å²) in [5.41, 5.74) is 2.62. The number of fused-ring (bicyclic) bond motifs is 1. The van der Waals surface area contributed by atoms with Crippen LogP contribution in [0.2, 0.25) is 0 Å². The lowest BCUT2D eigenvalue weighted by Crippen LogP contribution is -2.09. The molecule has 2 nitrogen and oxygen atoms in total. The molecule has 2 aromatic rings. The van der Waals surface area contributed by atoms with Crippen molar-refractivity contribution in [1.29, 1.82) is 0 Å². The van der Waals surface area contributed by atoms with E-state index in [1.165, 1.54) is 11.6 Å². The number of ether oxygens (including phenoxy) is 1. The summed E-state index contributed by atoms with van der Waals surface area (Å²) in [5, 5.41) is 10.0. The third-order valence-corrected chi connectivity index (χ3v) is 4.30. The van der Waals surface area contributed by atoms with E-state index in [0.29, 0.717) is 11.3 Å². The van der Waals surface area contributed by atoms with Crippen LogP contribution < -0.4 is 4.74 Å². The number of rotatable bonds is 3. The number of aliphatic hydroxyl groups excluding tert-OH is 1. The Bertz CT molecular complexity index is 657. The first kappa shape index (κ1) is 14.5. The number of hydrogen-bond donors (Lipinski definition) is 1. The van der Waals surface area contributed by atoms with E-state index in [-0.39, 0.29) is 12.4 Å². The second-order valence-corrected chi connectivity index (χ2v) is 6.21. The van der Waals surface area contributed by atoms with E-state index >= 15 is 0 Å². The average Bonchev–Trinajstić information content (AvgIpc) is 2.49. The topological polar surface area (TPSA) is 29.5 Å². The maximum Gasteiger partial charge on any atom is 0.129 e. The minimum absolute atomic E-state index is 0.167. The van der Waals surface area contributed by atoms with E-state index in [1.54, 1.807) is 12.1 Å². The van der Waals surface area contributed by atoms with Gasteiger partial charge in [-0.3, -0.25) is 0 Å². The van der Waals surface area contributed by atoms with Crippen molar-refractivity contribution >= 4 is 15.9 Å². The van der Waals surface area contributed by atoms with Crippen LogP contribution in [-0.2, 0) is 13.0 Å². The average molecular weight is 351 g/mol. The van der Waals surface area contributed by atoms with Crippen molar-refractivity contribution in [3.8, 4) is 5.75 Å². The second-order valence-electron chi connectivity index (χ2n) is 5.29. The molecule has 0 aromatic heterocycles. The molecule has 21 heavy (non-hydrogen) atoms. The zero-order valence-corrected chi connectivity index (χ0v) is 13.1. The van der Waals surface area contributed by atoms with Gasteiger partial charge in [0.05, 0.1) is 6.10 Å². The lowest BCUT2D eigenvalue weighted by Gasteiger charge is -2.22. The molecular formula is C17H16BrFO2. The number of halogens is 2. The number of benzene rings is 2. The zero-order chi connectivity index (χ0) is 14.8. The normalized spacial score (nSPS) is 17.4. The van der Waals surface area contributed by atoms with Crippen LogP contribution in [0.3, 0.4) is 0 Å². The van der Waals surface area contributed by atoms with Gasteiger partial charge in [-0.2, -0.15) is 0 Å². The molecule has 1 atom stereocenters. The number of aryl methyl sites for hydroxylation is 1. The summed E-state index contributed by atoms with van der Waals surface area (Å²) in [7, 11) is 0. The van der Waals surface area contributed by atoms with E-state index in [0.717, 1.165) is 29.3 Å². The minimum Gasteiger partial charge on any atom is -0.489 e. The Kier molecular flexibility index (Phi) is 4.27. The molecule has 0 fully saturated rings. The van der Waals surface area contributed by atoms with Crippen molar-refractivity contribution in [2.75, 3.05) is 0 Å². The second kappa shape index (κ2) is 6.16. The summed E-state index contributed by atoms with van der Waals surface area (Å²) in [6.45, 7) is 0.167. The molecule has 0 spiro atoms. The maximum absolute atomic E-state index is 13.7. The van der Waals surface area contributed by atoms with Gasteiger partial charge < -0.3 is 9.84 Å². The van der Waals surface area contributed by atoms with Gasteiger partial charge in [0.1, 0.15) is 18.2 Å². The quantitative estimate of drug-likeness (QED) is 0.880. The fourth-order valence-electron chi connectivity index (χ4n) is 2.66. The van der Waals surface area contributed by atoms with Crippen LogP contribution in [0.4, 0.5) is 4.39 Å². The van der Waals surface area contributed by atoms with Gasteiger partial charge in [0.25, 0.3) is 0 Å². The molecule has 0 radical (unpaired) electrons. The lowest BCUT2D eigenvalue weighted by atomic mass is 9.89. The molecule has 2 aromatic carbocycles. The smallest absolute Gasteiger partial charge is 0.129 e. The summed E-state index contributed by atoms with van der Waals surface area (Å²) in [4.78, 5) is 0. The molecular weight excluding hydrogens is 335 g/mol. The Morgan fingerprint density at radius 2 is 2.10 bits per heavy atom. The largest absolute Gasteiger partial charge is 0.489 e. The lowest BCUT2D eigenvalue weighted by molar-refractivity contribution is 0.156. The third kappa shape index (κ3) is 3.27. The van der Waals surface area contributed by atoms with E-state index in [2.05, 4.69) is 15.9 Å². The van der Waals surface area contributed by atoms with Crippen molar-refractivity contribution < 1.29 is 14.2 Å². The molecule has 0 unspecified atom stereocenters. The number of hydrogen-bond acceptors (Lipinski definition) is 2. The van der Waals surface area contributed by atoms with Crippen molar-refractivity contribution in [3.05, 3.63) is 63.4 Å². The molecule has 0 saturated heterocycles. The van der Waals surface area contributed by atoms with Gasteiger partial charge in [-0.25, -0.2) is 4.39 Å². The van der Waals surface area contributed by atoms with Gasteiger partial charge in [0.2, 0.25) is 0 Å². The Balaban J connectivity index is 1.76. The first-order chi connectivity index (χ1) is 10.1. The van der Waals surface area contributed by atoms with Gasteiger partial charge in [0.15, 0.2) is 0 Å². The predicted octanol–water partition coefficient (Wildman–Crippen LogP) is 4.54. The van der Waals surface area contributed by atoms with Gasteiger partial charge in [-0.15, -0.1) is 0 Å². The molecule has 110 valence electrons. The fourth-order valence-corrected chi connectivity index (χ4v) is 3.07. The highest BCUT2D eigenvalue weighted by Gasteiger charge is 2.18. The van der Waals surface area contributed by atoms with Gasteiger partial charge >= 0.3 is 0 Å². The van der Waals surface area contributed by atoms with Crippen molar-refractivity contribution in [2.24, 2.45) is 0 Å². The summed E-state index contributed by atoms with van der Waals surface area (Å²) in [6, 6.07) is 10.5. The first-order valence-electron chi connectivity index (χ1n) is 7.01. The molecule has 1 N–H and O–H groups in total. The Labute approximate surface area is 131 Å². The van der Waals surface area contributed by atoms with Crippen molar-refractivity contribution in [2.45, 2.75) is 32.0 Å². The van der Waals surface area contributed by atoms with Crippen LogP contribution in [0.25, 0.3) is 0 Å². The highest BCUT2D eigenvalue weighted by molar-refractivity contribution is 9.10. The van der Waals surface area contributed by atoms with Gasteiger partial charge in [-0.05, 0) is 60.7 Å². The molecule has 1 aliphatic carbocycles. The summed E-state index contributed by atoms with van der Waals surface area (Å²) in [6.07, 6.45) is 2.38. The van der Waals surface area contributed by atoms with E-state index in [4.69, 9.17) is 4.74 Å². The predicted molar refractivity (Wildman–Crippen MR) is 82.8 cm³/mol. The van der Waals surface area contributed by atoms with Crippen LogP contribution in [0.5, 0.6) is 5.75 Å². The monoisotopic (exact) mass is 350 g/mol.